The maximum absolute atomic E-state index is 12.5. The molecule has 2 N–H and O–H groups in total. The van der Waals surface area contributed by atoms with E-state index >= 15 is 0 Å². The largest absolute Gasteiger partial charge is 0.493 e. The Hall–Kier alpha value is -2.49. The monoisotopic (exact) mass is 285 g/mol. The number of ether oxygens (including phenoxy) is 2. The Morgan fingerprint density at radius 2 is 1.90 bits per heavy atom. The molecular formula is C17H19NO3. The van der Waals surface area contributed by atoms with Crippen LogP contribution >= 0.6 is 0 Å². The van der Waals surface area contributed by atoms with Gasteiger partial charge in [-0.2, -0.15) is 0 Å². The Morgan fingerprint density at radius 1 is 1.14 bits per heavy atom. The van der Waals surface area contributed by atoms with Crippen molar-refractivity contribution in [3.8, 4) is 11.5 Å². The van der Waals surface area contributed by atoms with Gasteiger partial charge in [0, 0.05) is 16.8 Å². The minimum absolute atomic E-state index is 0.131. The minimum atomic E-state index is -0.131. The third-order valence-electron chi connectivity index (χ3n) is 3.09. The highest BCUT2D eigenvalue weighted by Crippen LogP contribution is 2.29. The second-order valence-electron chi connectivity index (χ2n) is 4.63. The molecule has 0 saturated heterocycles. The van der Waals surface area contributed by atoms with Crippen molar-refractivity contribution < 1.29 is 14.3 Å². The van der Waals surface area contributed by atoms with E-state index in [4.69, 9.17) is 15.2 Å². The first-order valence-corrected chi connectivity index (χ1v) is 6.87. The van der Waals surface area contributed by atoms with Crippen LogP contribution in [0.15, 0.2) is 42.5 Å². The predicted molar refractivity (Wildman–Crippen MR) is 83.1 cm³/mol. The minimum Gasteiger partial charge on any atom is -0.493 e. The maximum Gasteiger partial charge on any atom is 0.195 e. The summed E-state index contributed by atoms with van der Waals surface area (Å²) in [5.74, 6) is 1.05. The average molecular weight is 285 g/mol. The van der Waals surface area contributed by atoms with Gasteiger partial charge in [0.1, 0.15) is 0 Å². The van der Waals surface area contributed by atoms with Gasteiger partial charge in [-0.05, 0) is 36.8 Å². The highest BCUT2D eigenvalue weighted by atomic mass is 16.5. The van der Waals surface area contributed by atoms with E-state index in [2.05, 4.69) is 0 Å². The predicted octanol–water partition coefficient (Wildman–Crippen LogP) is 3.30. The number of hydrogen-bond donors (Lipinski definition) is 1. The fraction of sp³-hybridized carbons (Fsp3) is 0.235. The van der Waals surface area contributed by atoms with Crippen molar-refractivity contribution in [1.82, 2.24) is 0 Å². The van der Waals surface area contributed by atoms with E-state index in [-0.39, 0.29) is 5.78 Å². The van der Waals surface area contributed by atoms with Crippen LogP contribution < -0.4 is 15.2 Å². The van der Waals surface area contributed by atoms with Crippen molar-refractivity contribution in [2.45, 2.75) is 13.3 Å². The van der Waals surface area contributed by atoms with E-state index < -0.39 is 0 Å². The van der Waals surface area contributed by atoms with E-state index in [1.807, 2.05) is 6.92 Å². The van der Waals surface area contributed by atoms with E-state index in [0.717, 1.165) is 6.42 Å². The van der Waals surface area contributed by atoms with Gasteiger partial charge in [0.05, 0.1) is 13.7 Å². The second-order valence-corrected chi connectivity index (χ2v) is 4.63. The number of ketones is 1. The molecule has 0 amide bonds. The van der Waals surface area contributed by atoms with E-state index in [1.165, 1.54) is 0 Å². The summed E-state index contributed by atoms with van der Waals surface area (Å²) in [5, 5.41) is 0. The second kappa shape index (κ2) is 6.79. The molecule has 0 spiro atoms. The summed E-state index contributed by atoms with van der Waals surface area (Å²) < 4.78 is 10.9. The molecule has 2 aromatic carbocycles. The molecule has 21 heavy (non-hydrogen) atoms. The van der Waals surface area contributed by atoms with Crippen molar-refractivity contribution in [2.24, 2.45) is 0 Å². The van der Waals surface area contributed by atoms with Crippen molar-refractivity contribution in [3.05, 3.63) is 53.6 Å². The first kappa shape index (κ1) is 14.9. The summed E-state index contributed by atoms with van der Waals surface area (Å²) in [7, 11) is 1.55. The third-order valence-corrected chi connectivity index (χ3v) is 3.09. The topological polar surface area (TPSA) is 61.5 Å². The Kier molecular flexibility index (Phi) is 4.82. The normalized spacial score (nSPS) is 10.2. The lowest BCUT2D eigenvalue weighted by atomic mass is 10.0. The number of hydrogen-bond acceptors (Lipinski definition) is 4. The Balaban J connectivity index is 2.32. The van der Waals surface area contributed by atoms with Gasteiger partial charge in [-0.3, -0.25) is 4.79 Å². The molecule has 0 radical (unpaired) electrons. The van der Waals surface area contributed by atoms with Gasteiger partial charge >= 0.3 is 0 Å². The van der Waals surface area contributed by atoms with Crippen LogP contribution in [0.25, 0.3) is 0 Å². The molecule has 2 rings (SSSR count). The van der Waals surface area contributed by atoms with E-state index in [9.17, 15) is 4.79 Å². The zero-order valence-electron chi connectivity index (χ0n) is 12.3. The molecule has 4 heteroatoms. The van der Waals surface area contributed by atoms with Gasteiger partial charge in [0.25, 0.3) is 0 Å². The SMILES string of the molecule is CCCOc1ccc(C(=O)c2ccccc2N)cc1OC. The van der Waals surface area contributed by atoms with Crippen molar-refractivity contribution in [2.75, 3.05) is 19.5 Å². The summed E-state index contributed by atoms with van der Waals surface area (Å²) >= 11 is 0. The molecule has 0 saturated carbocycles. The smallest absolute Gasteiger partial charge is 0.195 e. The molecule has 0 bridgehead atoms. The lowest BCUT2D eigenvalue weighted by Crippen LogP contribution is -2.06. The van der Waals surface area contributed by atoms with Crippen LogP contribution in [0.5, 0.6) is 11.5 Å². The summed E-state index contributed by atoms with van der Waals surface area (Å²) in [6.07, 6.45) is 0.907. The molecule has 110 valence electrons. The van der Waals surface area contributed by atoms with Gasteiger partial charge in [-0.25, -0.2) is 0 Å². The lowest BCUT2D eigenvalue weighted by Gasteiger charge is -2.11. The Morgan fingerprint density at radius 3 is 2.57 bits per heavy atom. The van der Waals surface area contributed by atoms with Crippen molar-refractivity contribution >= 4 is 11.5 Å². The van der Waals surface area contributed by atoms with Crippen LogP contribution in [0.2, 0.25) is 0 Å². The van der Waals surface area contributed by atoms with E-state index in [1.54, 1.807) is 49.6 Å². The van der Waals surface area contributed by atoms with Gasteiger partial charge < -0.3 is 15.2 Å². The quantitative estimate of drug-likeness (QED) is 0.653. The van der Waals surface area contributed by atoms with Gasteiger partial charge in [0.15, 0.2) is 17.3 Å². The third kappa shape index (κ3) is 3.34. The molecule has 0 aliphatic heterocycles. The first-order valence-electron chi connectivity index (χ1n) is 6.87. The molecule has 0 aliphatic rings. The highest BCUT2D eigenvalue weighted by molar-refractivity contribution is 6.12. The van der Waals surface area contributed by atoms with Crippen LogP contribution in [-0.2, 0) is 0 Å². The Bertz CT molecular complexity index is 638. The molecule has 0 aliphatic carbocycles. The number of para-hydroxylation sites is 1. The number of nitrogen functional groups attached to an aromatic ring is 1. The van der Waals surface area contributed by atoms with Crippen LogP contribution in [0, 0.1) is 0 Å². The summed E-state index contributed by atoms with van der Waals surface area (Å²) in [4.78, 5) is 12.5. The number of anilines is 1. The summed E-state index contributed by atoms with van der Waals surface area (Å²) in [5.41, 5.74) is 7.32. The van der Waals surface area contributed by atoms with Gasteiger partial charge in [0.2, 0.25) is 0 Å². The van der Waals surface area contributed by atoms with E-state index in [0.29, 0.717) is 34.9 Å². The Labute approximate surface area is 124 Å². The molecule has 0 aromatic heterocycles. The maximum atomic E-state index is 12.5. The lowest BCUT2D eigenvalue weighted by molar-refractivity contribution is 0.103. The number of rotatable bonds is 6. The first-order chi connectivity index (χ1) is 10.2. The molecule has 0 fully saturated rings. The van der Waals surface area contributed by atoms with Crippen molar-refractivity contribution in [3.63, 3.8) is 0 Å². The van der Waals surface area contributed by atoms with Crippen molar-refractivity contribution in [1.29, 1.82) is 0 Å². The average Bonchev–Trinajstić information content (AvgIpc) is 2.52. The highest BCUT2D eigenvalue weighted by Gasteiger charge is 2.14. The standard InChI is InChI=1S/C17H19NO3/c1-3-10-21-15-9-8-12(11-16(15)20-2)17(19)13-6-4-5-7-14(13)18/h4-9,11H,3,10,18H2,1-2H3. The number of benzene rings is 2. The number of carbonyl (C=O) groups excluding carboxylic acids is 1. The van der Waals surface area contributed by atoms with Gasteiger partial charge in [-0.1, -0.05) is 19.1 Å². The molecule has 4 nitrogen and oxygen atoms in total. The van der Waals surface area contributed by atoms with Crippen LogP contribution in [0.1, 0.15) is 29.3 Å². The molecule has 0 unspecified atom stereocenters. The zero-order chi connectivity index (χ0) is 15.2. The number of nitrogens with two attached hydrogens (primary N) is 1. The van der Waals surface area contributed by atoms with Crippen LogP contribution in [0.3, 0.4) is 0 Å². The molecular weight excluding hydrogens is 266 g/mol. The van der Waals surface area contributed by atoms with Gasteiger partial charge in [-0.15, -0.1) is 0 Å². The fourth-order valence-corrected chi connectivity index (χ4v) is 2.00. The number of carbonyl (C=O) groups is 1. The van der Waals surface area contributed by atoms with Crippen LogP contribution in [-0.4, -0.2) is 19.5 Å². The fourth-order valence-electron chi connectivity index (χ4n) is 2.00. The summed E-state index contributed by atoms with van der Waals surface area (Å²) in [6.45, 7) is 2.64. The van der Waals surface area contributed by atoms with Crippen LogP contribution in [0.4, 0.5) is 5.69 Å². The molecule has 0 heterocycles. The molecule has 2 aromatic rings. The molecule has 0 atom stereocenters. The summed E-state index contributed by atoms with van der Waals surface area (Å²) in [6, 6.07) is 12.2. The zero-order valence-corrected chi connectivity index (χ0v) is 12.3. The number of methoxy groups -OCH3 is 1.